The van der Waals surface area contributed by atoms with Gasteiger partial charge in [0.15, 0.2) is 0 Å². The molecular weight excluding hydrogens is 104 g/mol. The Labute approximate surface area is 49.9 Å². The van der Waals surface area contributed by atoms with E-state index in [0.717, 1.165) is 25.8 Å². The van der Waals surface area contributed by atoms with Crippen molar-refractivity contribution in [1.29, 1.82) is 0 Å². The highest BCUT2D eigenvalue weighted by Crippen LogP contribution is 1.90. The topological polar surface area (TPSA) is 58.3 Å². The second-order valence-corrected chi connectivity index (χ2v) is 1.74. The lowest BCUT2D eigenvalue weighted by Crippen LogP contribution is -2.22. The molecule has 0 amide bonds. The lowest BCUT2D eigenvalue weighted by Gasteiger charge is -1.95. The predicted octanol–water partition coefficient (Wildman–Crippen LogP) is -0.388. The largest absolute Gasteiger partial charge is 0.396 e. The number of aliphatic hydroxyl groups is 1. The van der Waals surface area contributed by atoms with E-state index in [9.17, 15) is 0 Å². The van der Waals surface area contributed by atoms with Crippen LogP contribution in [-0.2, 0) is 0 Å². The Bertz CT molecular complexity index is 35.4. The third-order valence-corrected chi connectivity index (χ3v) is 0.979. The maximum atomic E-state index is 8.31. The smallest absolute Gasteiger partial charge is 0.0431 e. The van der Waals surface area contributed by atoms with Gasteiger partial charge >= 0.3 is 0 Å². The van der Waals surface area contributed by atoms with Crippen molar-refractivity contribution in [3.8, 4) is 0 Å². The van der Waals surface area contributed by atoms with Crippen LogP contribution in [0.4, 0.5) is 0 Å². The van der Waals surface area contributed by atoms with Gasteiger partial charge in [0.05, 0.1) is 0 Å². The van der Waals surface area contributed by atoms with Crippen molar-refractivity contribution in [3.63, 3.8) is 0 Å². The number of rotatable bonds is 5. The summed E-state index contributed by atoms with van der Waals surface area (Å²) < 4.78 is 0. The molecule has 0 aromatic rings. The van der Waals surface area contributed by atoms with E-state index in [1.165, 1.54) is 0 Å². The summed E-state index contributed by atoms with van der Waals surface area (Å²) >= 11 is 0. The Balaban J connectivity index is 2.53. The van der Waals surface area contributed by atoms with Gasteiger partial charge in [-0.3, -0.25) is 11.3 Å². The Morgan fingerprint density at radius 2 is 2.00 bits per heavy atom. The third kappa shape index (κ3) is 5.88. The average Bonchev–Trinajstić information content (AvgIpc) is 1.81. The Morgan fingerprint density at radius 1 is 1.25 bits per heavy atom. The molecule has 0 aliphatic heterocycles. The molecule has 0 bridgehead atoms. The van der Waals surface area contributed by atoms with Gasteiger partial charge in [-0.1, -0.05) is 0 Å². The summed E-state index contributed by atoms with van der Waals surface area (Å²) in [6.45, 7) is 1.14. The standard InChI is InChI=1S/C5H14N2O/c6-7-4-2-1-3-5-8/h7-8H,1-6H2. The van der Waals surface area contributed by atoms with E-state index in [1.807, 2.05) is 0 Å². The first-order valence-electron chi connectivity index (χ1n) is 2.96. The van der Waals surface area contributed by atoms with Crippen molar-refractivity contribution >= 4 is 0 Å². The molecule has 3 nitrogen and oxygen atoms in total. The summed E-state index contributed by atoms with van der Waals surface area (Å²) in [5, 5.41) is 8.31. The second-order valence-electron chi connectivity index (χ2n) is 1.74. The normalized spacial score (nSPS) is 9.75. The van der Waals surface area contributed by atoms with Gasteiger partial charge in [-0.05, 0) is 19.3 Å². The molecule has 0 saturated heterocycles. The van der Waals surface area contributed by atoms with Crippen LogP contribution in [0.5, 0.6) is 0 Å². The number of hydrogen-bond donors (Lipinski definition) is 3. The minimum absolute atomic E-state index is 0.296. The summed E-state index contributed by atoms with van der Waals surface area (Å²) in [5.41, 5.74) is 2.54. The first kappa shape index (κ1) is 7.88. The molecular formula is C5H14N2O. The molecule has 0 radical (unpaired) electrons. The SMILES string of the molecule is NNCCCCCO. The van der Waals surface area contributed by atoms with E-state index in [2.05, 4.69) is 5.43 Å². The van der Waals surface area contributed by atoms with Gasteiger partial charge in [-0.2, -0.15) is 0 Å². The van der Waals surface area contributed by atoms with Gasteiger partial charge in [-0.25, -0.2) is 0 Å². The fourth-order valence-corrected chi connectivity index (χ4v) is 0.516. The number of nitrogens with one attached hydrogen (secondary N) is 1. The van der Waals surface area contributed by atoms with E-state index >= 15 is 0 Å². The average molecular weight is 118 g/mol. The lowest BCUT2D eigenvalue weighted by molar-refractivity contribution is 0.283. The van der Waals surface area contributed by atoms with Gasteiger partial charge in [0, 0.05) is 13.2 Å². The van der Waals surface area contributed by atoms with Crippen molar-refractivity contribution in [2.75, 3.05) is 13.2 Å². The summed E-state index contributed by atoms with van der Waals surface area (Å²) in [6.07, 6.45) is 3.00. The molecule has 0 aliphatic carbocycles. The zero-order valence-electron chi connectivity index (χ0n) is 5.06. The maximum absolute atomic E-state index is 8.31. The molecule has 0 unspecified atom stereocenters. The van der Waals surface area contributed by atoms with Crippen LogP contribution in [0.1, 0.15) is 19.3 Å². The molecule has 0 atom stereocenters. The molecule has 0 saturated carbocycles. The van der Waals surface area contributed by atoms with Crippen LogP contribution < -0.4 is 11.3 Å². The van der Waals surface area contributed by atoms with Crippen molar-refractivity contribution < 1.29 is 5.11 Å². The number of hydrazine groups is 1. The van der Waals surface area contributed by atoms with Gasteiger partial charge in [-0.15, -0.1) is 0 Å². The van der Waals surface area contributed by atoms with Crippen LogP contribution in [0.25, 0.3) is 0 Å². The van der Waals surface area contributed by atoms with Gasteiger partial charge < -0.3 is 5.11 Å². The van der Waals surface area contributed by atoms with Crippen molar-refractivity contribution in [3.05, 3.63) is 0 Å². The molecule has 0 aromatic heterocycles. The van der Waals surface area contributed by atoms with E-state index in [-0.39, 0.29) is 0 Å². The van der Waals surface area contributed by atoms with Crippen LogP contribution in [0.15, 0.2) is 0 Å². The van der Waals surface area contributed by atoms with E-state index in [1.54, 1.807) is 0 Å². The summed E-state index contributed by atoms with van der Waals surface area (Å²) in [4.78, 5) is 0. The van der Waals surface area contributed by atoms with E-state index in [0.29, 0.717) is 6.61 Å². The van der Waals surface area contributed by atoms with Crippen molar-refractivity contribution in [2.45, 2.75) is 19.3 Å². The fourth-order valence-electron chi connectivity index (χ4n) is 0.516. The van der Waals surface area contributed by atoms with E-state index in [4.69, 9.17) is 10.9 Å². The monoisotopic (exact) mass is 118 g/mol. The zero-order chi connectivity index (χ0) is 6.24. The number of unbranched alkanes of at least 4 members (excludes halogenated alkanes) is 2. The molecule has 8 heavy (non-hydrogen) atoms. The molecule has 0 fully saturated rings. The molecule has 3 heteroatoms. The van der Waals surface area contributed by atoms with Crippen molar-refractivity contribution in [2.24, 2.45) is 5.84 Å². The maximum Gasteiger partial charge on any atom is 0.0431 e. The first-order valence-corrected chi connectivity index (χ1v) is 2.96. The second kappa shape index (κ2) is 6.88. The molecule has 50 valence electrons. The highest BCUT2D eigenvalue weighted by Gasteiger charge is 1.83. The summed E-state index contributed by atoms with van der Waals surface area (Å²) in [6, 6.07) is 0. The molecule has 0 spiro atoms. The predicted molar refractivity (Wildman–Crippen MR) is 33.1 cm³/mol. The van der Waals surface area contributed by atoms with E-state index < -0.39 is 0 Å². The minimum Gasteiger partial charge on any atom is -0.396 e. The van der Waals surface area contributed by atoms with Crippen LogP contribution in [0.3, 0.4) is 0 Å². The molecule has 0 aromatic carbocycles. The van der Waals surface area contributed by atoms with Crippen LogP contribution in [0.2, 0.25) is 0 Å². The van der Waals surface area contributed by atoms with Gasteiger partial charge in [0.1, 0.15) is 0 Å². The van der Waals surface area contributed by atoms with Gasteiger partial charge in [0.2, 0.25) is 0 Å². The zero-order valence-corrected chi connectivity index (χ0v) is 5.06. The van der Waals surface area contributed by atoms with Gasteiger partial charge in [0.25, 0.3) is 0 Å². The Kier molecular flexibility index (Phi) is 6.78. The van der Waals surface area contributed by atoms with Crippen LogP contribution in [0, 0.1) is 0 Å². The molecule has 0 heterocycles. The Morgan fingerprint density at radius 3 is 2.50 bits per heavy atom. The summed E-state index contributed by atoms with van der Waals surface area (Å²) in [5.74, 6) is 5.00. The third-order valence-electron chi connectivity index (χ3n) is 0.979. The lowest BCUT2D eigenvalue weighted by atomic mass is 10.2. The highest BCUT2D eigenvalue weighted by molar-refractivity contribution is 4.40. The fraction of sp³-hybridized carbons (Fsp3) is 1.00. The number of aliphatic hydroxyl groups excluding tert-OH is 1. The highest BCUT2D eigenvalue weighted by atomic mass is 16.2. The van der Waals surface area contributed by atoms with Crippen LogP contribution >= 0.6 is 0 Å². The van der Waals surface area contributed by atoms with Crippen molar-refractivity contribution in [1.82, 2.24) is 5.43 Å². The molecule has 4 N–H and O–H groups in total. The van der Waals surface area contributed by atoms with Crippen LogP contribution in [-0.4, -0.2) is 18.3 Å². The Hall–Kier alpha value is -0.120. The number of nitrogens with two attached hydrogens (primary N) is 1. The minimum atomic E-state index is 0.296. The number of hydrogen-bond acceptors (Lipinski definition) is 3. The first-order chi connectivity index (χ1) is 3.91. The summed E-state index contributed by atoms with van der Waals surface area (Å²) in [7, 11) is 0. The molecule has 0 rings (SSSR count). The molecule has 0 aliphatic rings. The quantitative estimate of drug-likeness (QED) is 0.262.